The number of carbonyl (C=O) groups is 2. The quantitative estimate of drug-likeness (QED) is 0.350. The Bertz CT molecular complexity index is 975. The molecule has 1 saturated heterocycles. The van der Waals surface area contributed by atoms with E-state index in [1.807, 2.05) is 30.3 Å². The van der Waals surface area contributed by atoms with Gasteiger partial charge in [0.2, 0.25) is 0 Å². The van der Waals surface area contributed by atoms with E-state index in [0.717, 1.165) is 23.7 Å². The van der Waals surface area contributed by atoms with Crippen molar-refractivity contribution in [2.45, 2.75) is 6.42 Å². The maximum absolute atomic E-state index is 12.6. The first-order valence-electron chi connectivity index (χ1n) is 9.18. The number of thioether (sulfide) groups is 1. The fourth-order valence-corrected chi connectivity index (χ4v) is 4.05. The molecule has 1 fully saturated rings. The van der Waals surface area contributed by atoms with Crippen molar-refractivity contribution in [3.63, 3.8) is 0 Å². The van der Waals surface area contributed by atoms with Crippen LogP contribution < -0.4 is 9.47 Å². The predicted octanol–water partition coefficient (Wildman–Crippen LogP) is 3.69. The van der Waals surface area contributed by atoms with E-state index in [-0.39, 0.29) is 12.5 Å². The Hall–Kier alpha value is -2.84. The second kappa shape index (κ2) is 10.3. The SMILES string of the molecule is COC(=O)CN1C(=O)/C(=C/c2ccc(OCCc3ccccc3)c(OC)c2)SC1=S. The van der Waals surface area contributed by atoms with Crippen molar-refractivity contribution in [1.82, 2.24) is 4.90 Å². The van der Waals surface area contributed by atoms with E-state index in [0.29, 0.717) is 27.3 Å². The maximum atomic E-state index is 12.6. The summed E-state index contributed by atoms with van der Waals surface area (Å²) in [5.41, 5.74) is 1.96. The Morgan fingerprint density at radius 2 is 1.90 bits per heavy atom. The number of ether oxygens (including phenoxy) is 3. The second-order valence-corrected chi connectivity index (χ2v) is 8.01. The van der Waals surface area contributed by atoms with Crippen molar-refractivity contribution in [1.29, 1.82) is 0 Å². The van der Waals surface area contributed by atoms with Crippen molar-refractivity contribution in [2.24, 2.45) is 0 Å². The number of methoxy groups -OCH3 is 2. The molecular formula is C22H21NO5S2. The number of hydrogen-bond acceptors (Lipinski definition) is 7. The summed E-state index contributed by atoms with van der Waals surface area (Å²) in [6, 6.07) is 15.5. The molecule has 0 N–H and O–H groups in total. The lowest BCUT2D eigenvalue weighted by atomic mass is 10.1. The Balaban J connectivity index is 1.69. The molecule has 0 aliphatic carbocycles. The average Bonchev–Trinajstić information content (AvgIpc) is 3.02. The minimum atomic E-state index is -0.522. The number of hydrogen-bond donors (Lipinski definition) is 0. The summed E-state index contributed by atoms with van der Waals surface area (Å²) in [5.74, 6) is 0.356. The molecule has 1 heterocycles. The number of carbonyl (C=O) groups excluding carboxylic acids is 2. The highest BCUT2D eigenvalue weighted by Gasteiger charge is 2.33. The van der Waals surface area contributed by atoms with Crippen LogP contribution in [0.3, 0.4) is 0 Å². The third kappa shape index (κ3) is 5.40. The summed E-state index contributed by atoms with van der Waals surface area (Å²) in [5, 5.41) is 0. The largest absolute Gasteiger partial charge is 0.493 e. The zero-order valence-corrected chi connectivity index (χ0v) is 18.3. The van der Waals surface area contributed by atoms with Gasteiger partial charge in [-0.2, -0.15) is 0 Å². The van der Waals surface area contributed by atoms with Crippen molar-refractivity contribution in [3.8, 4) is 11.5 Å². The molecule has 3 rings (SSSR count). The van der Waals surface area contributed by atoms with E-state index >= 15 is 0 Å². The van der Waals surface area contributed by atoms with Gasteiger partial charge in [0.15, 0.2) is 11.5 Å². The highest BCUT2D eigenvalue weighted by Crippen LogP contribution is 2.34. The Morgan fingerprint density at radius 1 is 1.13 bits per heavy atom. The van der Waals surface area contributed by atoms with Crippen molar-refractivity contribution in [2.75, 3.05) is 27.4 Å². The van der Waals surface area contributed by atoms with Gasteiger partial charge in [-0.05, 0) is 29.3 Å². The zero-order valence-electron chi connectivity index (χ0n) is 16.6. The van der Waals surface area contributed by atoms with Gasteiger partial charge in [-0.15, -0.1) is 0 Å². The van der Waals surface area contributed by atoms with Crippen LogP contribution in [0.25, 0.3) is 6.08 Å². The van der Waals surface area contributed by atoms with Crippen LogP contribution in [-0.2, 0) is 20.7 Å². The van der Waals surface area contributed by atoms with Gasteiger partial charge in [0.1, 0.15) is 10.9 Å². The molecule has 0 spiro atoms. The first-order chi connectivity index (χ1) is 14.5. The molecule has 156 valence electrons. The van der Waals surface area contributed by atoms with E-state index in [1.165, 1.54) is 17.6 Å². The predicted molar refractivity (Wildman–Crippen MR) is 121 cm³/mol. The fourth-order valence-electron chi connectivity index (χ4n) is 2.80. The fraction of sp³-hybridized carbons (Fsp3) is 0.227. The van der Waals surface area contributed by atoms with Crippen molar-refractivity contribution < 1.29 is 23.8 Å². The lowest BCUT2D eigenvalue weighted by molar-refractivity contribution is -0.143. The lowest BCUT2D eigenvalue weighted by Crippen LogP contribution is -2.33. The van der Waals surface area contributed by atoms with Crippen LogP contribution >= 0.6 is 24.0 Å². The molecule has 0 aromatic heterocycles. The molecule has 0 saturated carbocycles. The molecule has 8 heteroatoms. The van der Waals surface area contributed by atoms with Crippen molar-refractivity contribution in [3.05, 3.63) is 64.6 Å². The monoisotopic (exact) mass is 443 g/mol. The molecule has 30 heavy (non-hydrogen) atoms. The second-order valence-electron chi connectivity index (χ2n) is 6.34. The zero-order chi connectivity index (χ0) is 21.5. The summed E-state index contributed by atoms with van der Waals surface area (Å²) in [6.45, 7) is 0.321. The van der Waals surface area contributed by atoms with Crippen LogP contribution in [0.1, 0.15) is 11.1 Å². The number of benzene rings is 2. The summed E-state index contributed by atoms with van der Waals surface area (Å²) in [4.78, 5) is 25.7. The van der Waals surface area contributed by atoms with Crippen molar-refractivity contribution >= 4 is 46.3 Å². The molecule has 0 atom stereocenters. The maximum Gasteiger partial charge on any atom is 0.325 e. The van der Waals surface area contributed by atoms with Crippen LogP contribution in [0.4, 0.5) is 0 Å². The summed E-state index contributed by atoms with van der Waals surface area (Å²) in [6.07, 6.45) is 2.50. The molecular weight excluding hydrogens is 422 g/mol. The summed E-state index contributed by atoms with van der Waals surface area (Å²) in [7, 11) is 2.84. The standard InChI is InChI=1S/C22H21NO5S2/c1-26-18-12-16(8-9-17(18)28-11-10-15-6-4-3-5-7-15)13-19-21(25)23(22(29)30-19)14-20(24)27-2/h3-9,12-13H,10-11,14H2,1-2H3/b19-13-. The highest BCUT2D eigenvalue weighted by molar-refractivity contribution is 8.26. The van der Waals surface area contributed by atoms with Crippen LogP contribution in [-0.4, -0.2) is 48.5 Å². The van der Waals surface area contributed by atoms with Gasteiger partial charge >= 0.3 is 5.97 Å². The van der Waals surface area contributed by atoms with Gasteiger partial charge in [0, 0.05) is 6.42 Å². The lowest BCUT2D eigenvalue weighted by Gasteiger charge is -2.12. The molecule has 0 unspecified atom stereocenters. The number of rotatable bonds is 8. The van der Waals surface area contributed by atoms with Gasteiger partial charge in [-0.25, -0.2) is 0 Å². The van der Waals surface area contributed by atoms with Crippen LogP contribution in [0.2, 0.25) is 0 Å². The van der Waals surface area contributed by atoms with E-state index < -0.39 is 5.97 Å². The average molecular weight is 444 g/mol. The molecule has 1 aliphatic heterocycles. The normalized spacial score (nSPS) is 14.9. The number of nitrogens with zero attached hydrogens (tertiary/aromatic N) is 1. The first kappa shape index (κ1) is 21.9. The molecule has 1 aliphatic rings. The van der Waals surface area contributed by atoms with E-state index in [4.69, 9.17) is 21.7 Å². The summed E-state index contributed by atoms with van der Waals surface area (Å²) >= 11 is 6.36. The van der Waals surface area contributed by atoms with Crippen LogP contribution in [0.5, 0.6) is 11.5 Å². The molecule has 1 amide bonds. The smallest absolute Gasteiger partial charge is 0.325 e. The molecule has 2 aromatic rings. The minimum absolute atomic E-state index is 0.198. The number of thiocarbonyl (C=S) groups is 1. The van der Waals surface area contributed by atoms with Crippen LogP contribution in [0, 0.1) is 0 Å². The van der Waals surface area contributed by atoms with E-state index in [1.54, 1.807) is 19.3 Å². The van der Waals surface area contributed by atoms with Gasteiger partial charge < -0.3 is 14.2 Å². The molecule has 6 nitrogen and oxygen atoms in total. The van der Waals surface area contributed by atoms with Gasteiger partial charge in [0.05, 0.1) is 25.7 Å². The number of amides is 1. The molecule has 0 radical (unpaired) electrons. The first-order valence-corrected chi connectivity index (χ1v) is 10.4. The topological polar surface area (TPSA) is 65.1 Å². The Morgan fingerprint density at radius 3 is 2.60 bits per heavy atom. The van der Waals surface area contributed by atoms with E-state index in [2.05, 4.69) is 16.9 Å². The highest BCUT2D eigenvalue weighted by atomic mass is 32.2. The third-order valence-electron chi connectivity index (χ3n) is 4.37. The minimum Gasteiger partial charge on any atom is -0.493 e. The number of esters is 1. The molecule has 0 bridgehead atoms. The Kier molecular flexibility index (Phi) is 7.48. The molecule has 2 aromatic carbocycles. The summed E-state index contributed by atoms with van der Waals surface area (Å²) < 4.78 is 16.3. The van der Waals surface area contributed by atoms with Gasteiger partial charge in [0.25, 0.3) is 5.91 Å². The van der Waals surface area contributed by atoms with Gasteiger partial charge in [-0.3, -0.25) is 14.5 Å². The third-order valence-corrected chi connectivity index (χ3v) is 5.74. The van der Waals surface area contributed by atoms with Crippen LogP contribution in [0.15, 0.2) is 53.4 Å². The van der Waals surface area contributed by atoms with Gasteiger partial charge in [-0.1, -0.05) is 60.4 Å². The van der Waals surface area contributed by atoms with E-state index in [9.17, 15) is 9.59 Å². The Labute approximate surface area is 184 Å².